The van der Waals surface area contributed by atoms with Crippen LogP contribution in [0.4, 0.5) is 5.82 Å². The number of nitrogens with one attached hydrogen (secondary N) is 1. The molecule has 1 saturated heterocycles. The Morgan fingerprint density at radius 3 is 2.82 bits per heavy atom. The van der Waals surface area contributed by atoms with Gasteiger partial charge in [-0.05, 0) is 24.1 Å². The van der Waals surface area contributed by atoms with Crippen molar-refractivity contribution in [3.05, 3.63) is 81.0 Å². The van der Waals surface area contributed by atoms with E-state index in [9.17, 15) is 9.90 Å². The molecule has 1 aliphatic rings. The maximum Gasteiger partial charge on any atom is 0.266 e. The van der Waals surface area contributed by atoms with Crippen LogP contribution >= 0.6 is 23.2 Å². The number of anilines is 1. The summed E-state index contributed by atoms with van der Waals surface area (Å²) in [5, 5.41) is 18.9. The van der Waals surface area contributed by atoms with Gasteiger partial charge in [0.25, 0.3) is 5.56 Å². The summed E-state index contributed by atoms with van der Waals surface area (Å²) in [4.78, 5) is 17.7. The van der Waals surface area contributed by atoms with Crippen LogP contribution in [0.1, 0.15) is 12.0 Å². The highest BCUT2D eigenvalue weighted by atomic mass is 35.5. The topological polar surface area (TPSA) is 94.2 Å². The third-order valence-corrected chi connectivity index (χ3v) is 6.81. The van der Waals surface area contributed by atoms with Gasteiger partial charge in [0.15, 0.2) is 0 Å². The molecule has 34 heavy (non-hydrogen) atoms. The number of aliphatic hydroxyl groups excluding tert-OH is 1. The number of nitrogens with zero attached hydrogens (tertiary/aromatic N) is 4. The van der Waals surface area contributed by atoms with E-state index >= 15 is 0 Å². The summed E-state index contributed by atoms with van der Waals surface area (Å²) >= 11 is 12.7. The molecular weight excluding hydrogens is 477 g/mol. The third-order valence-electron chi connectivity index (χ3n) is 6.15. The molecule has 8 nitrogen and oxygen atoms in total. The predicted octanol–water partition coefficient (Wildman–Crippen LogP) is 3.75. The van der Waals surface area contributed by atoms with Gasteiger partial charge >= 0.3 is 0 Å². The van der Waals surface area contributed by atoms with Crippen molar-refractivity contribution in [2.75, 3.05) is 25.1 Å². The van der Waals surface area contributed by atoms with Gasteiger partial charge in [0.2, 0.25) is 0 Å². The second-order valence-electron chi connectivity index (χ2n) is 8.26. The number of benzene rings is 1. The molecule has 2 N–H and O–H groups in total. The number of aliphatic hydroxyl groups is 1. The van der Waals surface area contributed by atoms with E-state index in [1.54, 1.807) is 23.1 Å². The van der Waals surface area contributed by atoms with Crippen LogP contribution in [0.2, 0.25) is 10.0 Å². The Labute approximate surface area is 205 Å². The smallest absolute Gasteiger partial charge is 0.266 e. The van der Waals surface area contributed by atoms with Crippen molar-refractivity contribution in [2.24, 2.45) is 5.92 Å². The molecule has 0 bridgehead atoms. The van der Waals surface area contributed by atoms with Crippen LogP contribution < -0.4 is 10.9 Å². The molecule has 0 radical (unpaired) electrons. The van der Waals surface area contributed by atoms with E-state index in [0.717, 1.165) is 12.0 Å². The Morgan fingerprint density at radius 2 is 2.06 bits per heavy atom. The summed E-state index contributed by atoms with van der Waals surface area (Å²) in [6.45, 7) is 1.67. The first kappa shape index (κ1) is 22.9. The maximum atomic E-state index is 13.3. The number of rotatable bonds is 7. The number of hydrogen-bond acceptors (Lipinski definition) is 6. The minimum absolute atomic E-state index is 0.0514. The van der Waals surface area contributed by atoms with Crippen LogP contribution in [0, 0.1) is 5.92 Å². The molecule has 5 rings (SSSR count). The standard InChI is InChI=1S/C24H23Cl2N5O3/c25-18-4-2-1-3-15(18)12-31-21-5-7-30(24(33)17(21)10-28-31)22-9-23(27-11-19(22)26)29-20(13-32)16-6-8-34-14-16/h1-5,7,9-11,16,20,32H,6,8,12-14H2,(H,27,29)/t16-,20+/m0/s1. The minimum atomic E-state index is -0.246. The summed E-state index contributed by atoms with van der Waals surface area (Å²) in [6, 6.07) is 10.9. The number of halogens is 2. The average Bonchev–Trinajstić information content (AvgIpc) is 3.52. The molecule has 1 aliphatic heterocycles. The molecule has 0 spiro atoms. The van der Waals surface area contributed by atoms with E-state index in [-0.39, 0.29) is 24.1 Å². The lowest BCUT2D eigenvalue weighted by molar-refractivity contribution is 0.169. The van der Waals surface area contributed by atoms with Crippen LogP contribution in [0.3, 0.4) is 0 Å². The summed E-state index contributed by atoms with van der Waals surface area (Å²) in [5.41, 5.74) is 1.86. The quantitative estimate of drug-likeness (QED) is 0.402. The van der Waals surface area contributed by atoms with E-state index in [4.69, 9.17) is 27.9 Å². The SMILES string of the molecule is O=c1c2cnn(Cc3ccccc3Cl)c2ccn1-c1cc(N[C@H](CO)[C@H]2CCOC2)ncc1Cl. The predicted molar refractivity (Wildman–Crippen MR) is 132 cm³/mol. The molecular formula is C24H23Cl2N5O3. The highest BCUT2D eigenvalue weighted by molar-refractivity contribution is 6.32. The zero-order valence-corrected chi connectivity index (χ0v) is 19.7. The minimum Gasteiger partial charge on any atom is -0.394 e. The highest BCUT2D eigenvalue weighted by Crippen LogP contribution is 2.25. The van der Waals surface area contributed by atoms with E-state index in [1.165, 1.54) is 10.8 Å². The fraction of sp³-hybridized carbons (Fsp3) is 0.292. The molecule has 4 heterocycles. The van der Waals surface area contributed by atoms with Crippen molar-refractivity contribution in [2.45, 2.75) is 19.0 Å². The van der Waals surface area contributed by atoms with Crippen LogP contribution in [0.5, 0.6) is 0 Å². The molecule has 2 atom stereocenters. The van der Waals surface area contributed by atoms with Gasteiger partial charge in [-0.1, -0.05) is 41.4 Å². The number of pyridine rings is 2. The van der Waals surface area contributed by atoms with Crippen molar-refractivity contribution in [1.82, 2.24) is 19.3 Å². The van der Waals surface area contributed by atoms with E-state index in [1.807, 2.05) is 30.3 Å². The van der Waals surface area contributed by atoms with Crippen LogP contribution in [-0.2, 0) is 11.3 Å². The number of fused-ring (bicyclic) bond motifs is 1. The van der Waals surface area contributed by atoms with Crippen molar-refractivity contribution < 1.29 is 9.84 Å². The molecule has 0 amide bonds. The van der Waals surface area contributed by atoms with Gasteiger partial charge < -0.3 is 15.2 Å². The molecule has 1 fully saturated rings. The van der Waals surface area contributed by atoms with Gasteiger partial charge in [0.1, 0.15) is 5.82 Å². The molecule has 0 aliphatic carbocycles. The largest absolute Gasteiger partial charge is 0.394 e. The number of hydrogen-bond donors (Lipinski definition) is 2. The lowest BCUT2D eigenvalue weighted by Crippen LogP contribution is -2.33. The zero-order valence-electron chi connectivity index (χ0n) is 18.2. The Bertz CT molecular complexity index is 1380. The van der Waals surface area contributed by atoms with Crippen molar-refractivity contribution in [3.63, 3.8) is 0 Å². The maximum absolute atomic E-state index is 13.3. The van der Waals surface area contributed by atoms with Crippen LogP contribution in [-0.4, -0.2) is 50.3 Å². The molecule has 4 aromatic rings. The second-order valence-corrected chi connectivity index (χ2v) is 9.08. The second kappa shape index (κ2) is 9.76. The molecule has 176 valence electrons. The Hall–Kier alpha value is -2.91. The molecule has 3 aromatic heterocycles. The summed E-state index contributed by atoms with van der Waals surface area (Å²) in [7, 11) is 0. The highest BCUT2D eigenvalue weighted by Gasteiger charge is 2.25. The number of aromatic nitrogens is 4. The molecule has 0 saturated carbocycles. The Morgan fingerprint density at radius 1 is 1.21 bits per heavy atom. The lowest BCUT2D eigenvalue weighted by atomic mass is 10.00. The average molecular weight is 500 g/mol. The van der Waals surface area contributed by atoms with E-state index in [2.05, 4.69) is 15.4 Å². The van der Waals surface area contributed by atoms with Gasteiger partial charge in [-0.3, -0.25) is 14.0 Å². The lowest BCUT2D eigenvalue weighted by Gasteiger charge is -2.22. The summed E-state index contributed by atoms with van der Waals surface area (Å²) in [6.07, 6.45) is 5.60. The van der Waals surface area contributed by atoms with E-state index in [0.29, 0.717) is 52.2 Å². The van der Waals surface area contributed by atoms with E-state index < -0.39 is 0 Å². The number of ether oxygens (including phenoxy) is 1. The fourth-order valence-electron chi connectivity index (χ4n) is 4.25. The first-order valence-electron chi connectivity index (χ1n) is 11.0. The van der Waals surface area contributed by atoms with Crippen LogP contribution in [0.15, 0.2) is 59.8 Å². The monoisotopic (exact) mass is 499 g/mol. The van der Waals surface area contributed by atoms with Crippen molar-refractivity contribution in [1.29, 1.82) is 0 Å². The normalized spacial score (nSPS) is 16.7. The fourth-order valence-corrected chi connectivity index (χ4v) is 4.64. The van der Waals surface area contributed by atoms with Crippen molar-refractivity contribution >= 4 is 39.9 Å². The van der Waals surface area contributed by atoms with Gasteiger partial charge in [-0.2, -0.15) is 5.10 Å². The molecule has 10 heteroatoms. The van der Waals surface area contributed by atoms with Crippen LogP contribution in [0.25, 0.3) is 16.6 Å². The van der Waals surface area contributed by atoms with Gasteiger partial charge in [-0.25, -0.2) is 4.98 Å². The summed E-state index contributed by atoms with van der Waals surface area (Å²) < 4.78 is 8.67. The first-order chi connectivity index (χ1) is 16.5. The van der Waals surface area contributed by atoms with Gasteiger partial charge in [-0.15, -0.1) is 0 Å². The Balaban J connectivity index is 1.47. The Kier molecular flexibility index (Phi) is 6.56. The summed E-state index contributed by atoms with van der Waals surface area (Å²) in [5.74, 6) is 0.709. The van der Waals surface area contributed by atoms with Crippen molar-refractivity contribution in [3.8, 4) is 5.69 Å². The molecule has 1 aromatic carbocycles. The molecule has 0 unspecified atom stereocenters. The zero-order chi connectivity index (χ0) is 23.7. The van der Waals surface area contributed by atoms with Gasteiger partial charge in [0.05, 0.1) is 59.8 Å². The third kappa shape index (κ3) is 4.42. The first-order valence-corrected chi connectivity index (χ1v) is 11.7. The van der Waals surface area contributed by atoms with Gasteiger partial charge in [0, 0.05) is 29.8 Å².